The van der Waals surface area contributed by atoms with Gasteiger partial charge in [0.1, 0.15) is 17.6 Å². The highest BCUT2D eigenvalue weighted by Gasteiger charge is 2.30. The van der Waals surface area contributed by atoms with E-state index in [2.05, 4.69) is 24.3 Å². The number of likely N-dealkylation sites (tertiary alicyclic amines) is 1. The normalized spacial score (nSPS) is 16.1. The summed E-state index contributed by atoms with van der Waals surface area (Å²) in [6.45, 7) is 2.89. The molecule has 3 aromatic rings. The first-order chi connectivity index (χ1) is 14.6. The average Bonchev–Trinajstić information content (AvgIpc) is 3.21. The molecule has 0 spiro atoms. The molecule has 5 nitrogen and oxygen atoms in total. The molecule has 2 aromatic carbocycles. The SMILES string of the molecule is Cc1cc(OC2CCN(C(=O)CC(c3ccccc3)c3ccccc3)C2)cc(=O)o1. The molecule has 1 atom stereocenters. The van der Waals surface area contributed by atoms with Gasteiger partial charge >= 0.3 is 5.63 Å². The zero-order valence-corrected chi connectivity index (χ0v) is 17.0. The van der Waals surface area contributed by atoms with Gasteiger partial charge in [0.15, 0.2) is 0 Å². The van der Waals surface area contributed by atoms with Crippen molar-refractivity contribution in [3.05, 3.63) is 100 Å². The number of nitrogens with zero attached hydrogens (tertiary/aromatic N) is 1. The number of carbonyl (C=O) groups is 1. The van der Waals surface area contributed by atoms with Gasteiger partial charge in [-0.3, -0.25) is 4.79 Å². The summed E-state index contributed by atoms with van der Waals surface area (Å²) >= 11 is 0. The minimum Gasteiger partial charge on any atom is -0.488 e. The Hall–Kier alpha value is -3.34. The van der Waals surface area contributed by atoms with Crippen molar-refractivity contribution in [2.45, 2.75) is 31.8 Å². The molecule has 0 radical (unpaired) electrons. The van der Waals surface area contributed by atoms with Crippen molar-refractivity contribution < 1.29 is 13.9 Å². The van der Waals surface area contributed by atoms with E-state index in [-0.39, 0.29) is 17.9 Å². The lowest BCUT2D eigenvalue weighted by atomic mass is 9.88. The lowest BCUT2D eigenvalue weighted by Gasteiger charge is -2.22. The molecule has 5 heteroatoms. The lowest BCUT2D eigenvalue weighted by molar-refractivity contribution is -0.130. The zero-order valence-electron chi connectivity index (χ0n) is 17.0. The summed E-state index contributed by atoms with van der Waals surface area (Å²) in [5.41, 5.74) is 1.84. The second-order valence-electron chi connectivity index (χ2n) is 7.67. The smallest absolute Gasteiger partial charge is 0.339 e. The number of amides is 1. The van der Waals surface area contributed by atoms with Gasteiger partial charge in [-0.2, -0.15) is 0 Å². The summed E-state index contributed by atoms with van der Waals surface area (Å²) < 4.78 is 10.9. The van der Waals surface area contributed by atoms with Crippen LogP contribution >= 0.6 is 0 Å². The van der Waals surface area contributed by atoms with Crippen molar-refractivity contribution in [3.8, 4) is 5.75 Å². The number of aryl methyl sites for hydroxylation is 1. The molecule has 1 aliphatic heterocycles. The summed E-state index contributed by atoms with van der Waals surface area (Å²) in [6.07, 6.45) is 1.03. The highest BCUT2D eigenvalue weighted by Crippen LogP contribution is 2.29. The monoisotopic (exact) mass is 403 g/mol. The fourth-order valence-corrected chi connectivity index (χ4v) is 3.99. The molecule has 0 bridgehead atoms. The molecule has 0 N–H and O–H groups in total. The largest absolute Gasteiger partial charge is 0.488 e. The van der Waals surface area contributed by atoms with Crippen molar-refractivity contribution in [3.63, 3.8) is 0 Å². The summed E-state index contributed by atoms with van der Waals surface area (Å²) in [5.74, 6) is 1.13. The van der Waals surface area contributed by atoms with E-state index in [1.807, 2.05) is 41.3 Å². The van der Waals surface area contributed by atoms with Gasteiger partial charge in [-0.05, 0) is 18.1 Å². The Morgan fingerprint density at radius 2 is 1.70 bits per heavy atom. The fourth-order valence-electron chi connectivity index (χ4n) is 3.99. The van der Waals surface area contributed by atoms with Gasteiger partial charge in [-0.1, -0.05) is 60.7 Å². The lowest BCUT2D eigenvalue weighted by Crippen LogP contribution is -2.32. The van der Waals surface area contributed by atoms with Crippen LogP contribution in [0.5, 0.6) is 5.75 Å². The number of ether oxygens (including phenoxy) is 1. The highest BCUT2D eigenvalue weighted by atomic mass is 16.5. The maximum absolute atomic E-state index is 13.1. The average molecular weight is 403 g/mol. The Morgan fingerprint density at radius 1 is 1.07 bits per heavy atom. The van der Waals surface area contributed by atoms with Gasteiger partial charge in [0, 0.05) is 31.4 Å². The molecule has 1 amide bonds. The van der Waals surface area contributed by atoms with E-state index in [0.717, 1.165) is 17.5 Å². The molecule has 4 rings (SSSR count). The van der Waals surface area contributed by atoms with Crippen LogP contribution in [0.1, 0.15) is 35.6 Å². The second-order valence-corrected chi connectivity index (χ2v) is 7.67. The topological polar surface area (TPSA) is 59.8 Å². The molecule has 1 fully saturated rings. The van der Waals surface area contributed by atoms with Crippen molar-refractivity contribution in [2.24, 2.45) is 0 Å². The molecule has 0 saturated carbocycles. The molecular weight excluding hydrogens is 378 g/mol. The van der Waals surface area contributed by atoms with Crippen molar-refractivity contribution in [1.82, 2.24) is 4.90 Å². The van der Waals surface area contributed by atoms with Gasteiger partial charge in [0.25, 0.3) is 0 Å². The molecule has 2 heterocycles. The van der Waals surface area contributed by atoms with Crippen LogP contribution in [-0.4, -0.2) is 30.0 Å². The van der Waals surface area contributed by atoms with Crippen LogP contribution in [0.2, 0.25) is 0 Å². The zero-order chi connectivity index (χ0) is 20.9. The molecule has 154 valence electrons. The number of hydrogen-bond donors (Lipinski definition) is 0. The van der Waals surface area contributed by atoms with Crippen LogP contribution in [0.4, 0.5) is 0 Å². The van der Waals surface area contributed by atoms with Gasteiger partial charge in [0.05, 0.1) is 12.6 Å². The predicted molar refractivity (Wildman–Crippen MR) is 115 cm³/mol. The number of rotatable bonds is 6. The van der Waals surface area contributed by atoms with Gasteiger partial charge in [0.2, 0.25) is 5.91 Å². The Balaban J connectivity index is 1.44. The van der Waals surface area contributed by atoms with E-state index in [1.165, 1.54) is 6.07 Å². The van der Waals surface area contributed by atoms with Crippen LogP contribution in [0.15, 0.2) is 82.0 Å². The minimum absolute atomic E-state index is 0.0151. The predicted octanol–water partition coefficient (Wildman–Crippen LogP) is 4.15. The van der Waals surface area contributed by atoms with Gasteiger partial charge in [-0.25, -0.2) is 4.79 Å². The van der Waals surface area contributed by atoms with Crippen LogP contribution in [-0.2, 0) is 4.79 Å². The molecule has 1 aliphatic rings. The highest BCUT2D eigenvalue weighted by molar-refractivity contribution is 5.78. The third-order valence-electron chi connectivity index (χ3n) is 5.45. The van der Waals surface area contributed by atoms with Crippen molar-refractivity contribution in [1.29, 1.82) is 0 Å². The maximum atomic E-state index is 13.1. The van der Waals surface area contributed by atoms with E-state index in [4.69, 9.17) is 9.15 Å². The maximum Gasteiger partial charge on any atom is 0.339 e. The molecule has 30 heavy (non-hydrogen) atoms. The Morgan fingerprint density at radius 3 is 2.30 bits per heavy atom. The van der Waals surface area contributed by atoms with E-state index in [1.54, 1.807) is 13.0 Å². The molecule has 1 saturated heterocycles. The standard InChI is InChI=1S/C25H25NO4/c1-18-14-22(15-25(28)29-18)30-21-12-13-26(17-21)24(27)16-23(19-8-4-2-5-9-19)20-10-6-3-7-11-20/h2-11,14-15,21,23H,12-13,16-17H2,1H3. The minimum atomic E-state index is -0.426. The van der Waals surface area contributed by atoms with E-state index in [0.29, 0.717) is 31.0 Å². The summed E-state index contributed by atoms with van der Waals surface area (Å²) in [5, 5.41) is 0. The van der Waals surface area contributed by atoms with Crippen LogP contribution in [0.3, 0.4) is 0 Å². The Kier molecular flexibility index (Phi) is 5.98. The third kappa shape index (κ3) is 4.79. The first-order valence-corrected chi connectivity index (χ1v) is 10.2. The van der Waals surface area contributed by atoms with Gasteiger partial charge < -0.3 is 14.1 Å². The first-order valence-electron chi connectivity index (χ1n) is 10.2. The molecule has 1 aromatic heterocycles. The quantitative estimate of drug-likeness (QED) is 0.620. The van der Waals surface area contributed by atoms with Crippen molar-refractivity contribution in [2.75, 3.05) is 13.1 Å². The molecular formula is C25H25NO4. The molecule has 0 aliphatic carbocycles. The van der Waals surface area contributed by atoms with Crippen molar-refractivity contribution >= 4 is 5.91 Å². The Bertz CT molecular complexity index is 1010. The first kappa shape index (κ1) is 20.0. The van der Waals surface area contributed by atoms with Crippen LogP contribution in [0, 0.1) is 6.92 Å². The second kappa shape index (κ2) is 8.99. The van der Waals surface area contributed by atoms with Crippen LogP contribution in [0.25, 0.3) is 0 Å². The van der Waals surface area contributed by atoms with Crippen LogP contribution < -0.4 is 10.4 Å². The van der Waals surface area contributed by atoms with E-state index in [9.17, 15) is 9.59 Å². The van der Waals surface area contributed by atoms with E-state index < -0.39 is 5.63 Å². The summed E-state index contributed by atoms with van der Waals surface area (Å²) in [6, 6.07) is 23.3. The van der Waals surface area contributed by atoms with Gasteiger partial charge in [-0.15, -0.1) is 0 Å². The Labute approximate surface area is 175 Å². The summed E-state index contributed by atoms with van der Waals surface area (Å²) in [4.78, 5) is 26.5. The number of benzene rings is 2. The number of carbonyl (C=O) groups excluding carboxylic acids is 1. The number of hydrogen-bond acceptors (Lipinski definition) is 4. The fraction of sp³-hybridized carbons (Fsp3) is 0.280. The third-order valence-corrected chi connectivity index (χ3v) is 5.45. The van der Waals surface area contributed by atoms with E-state index >= 15 is 0 Å². The molecule has 1 unspecified atom stereocenters. The summed E-state index contributed by atoms with van der Waals surface area (Å²) in [7, 11) is 0.